The number of hydrogen-bond donors (Lipinski definition) is 1. The quantitative estimate of drug-likeness (QED) is 0.465. The Hall–Kier alpha value is -3.99. The van der Waals surface area contributed by atoms with Crippen molar-refractivity contribution >= 4 is 11.6 Å². The van der Waals surface area contributed by atoms with Gasteiger partial charge in [0.25, 0.3) is 5.91 Å². The largest absolute Gasteiger partial charge is 0.434 e. The van der Waals surface area contributed by atoms with E-state index in [0.29, 0.717) is 34.0 Å². The molecule has 7 rings (SSSR count). The highest BCUT2D eigenvalue weighted by molar-refractivity contribution is 5.98. The summed E-state index contributed by atoms with van der Waals surface area (Å²) >= 11 is 0. The van der Waals surface area contributed by atoms with Gasteiger partial charge in [0.05, 0.1) is 23.0 Å². The van der Waals surface area contributed by atoms with E-state index in [4.69, 9.17) is 19.6 Å². The molecule has 1 fully saturated rings. The zero-order valence-electron chi connectivity index (χ0n) is 21.7. The Kier molecular flexibility index (Phi) is 3.69. The van der Waals surface area contributed by atoms with Gasteiger partial charge in [-0.05, 0) is 37.5 Å². The Balaban J connectivity index is 1.42. The van der Waals surface area contributed by atoms with Crippen LogP contribution in [-0.2, 0) is 5.54 Å². The van der Waals surface area contributed by atoms with Crippen molar-refractivity contribution in [3.8, 4) is 17.0 Å². The number of hydrogen-bond acceptors (Lipinski definition) is 7. The molecule has 11 heteroatoms. The molecule has 0 spiro atoms. The van der Waals surface area contributed by atoms with Gasteiger partial charge in [-0.25, -0.2) is 19.5 Å². The van der Waals surface area contributed by atoms with Crippen LogP contribution in [0.5, 0.6) is 5.75 Å². The van der Waals surface area contributed by atoms with Gasteiger partial charge in [0.1, 0.15) is 11.6 Å². The van der Waals surface area contributed by atoms with E-state index in [1.165, 1.54) is 22.7 Å². The highest BCUT2D eigenvalue weighted by Crippen LogP contribution is 2.53. The molecule has 1 saturated carbocycles. The molecule has 2 atom stereocenters. The minimum Gasteiger partial charge on any atom is -0.434 e. The molecule has 0 saturated heterocycles. The Morgan fingerprint density at radius 2 is 2.03 bits per heavy atom. The molecule has 0 radical (unpaired) electrons. The molecule has 3 aromatic heterocycles. The summed E-state index contributed by atoms with van der Waals surface area (Å²) in [7, 11) is 0. The minimum absolute atomic E-state index is 0.00212. The van der Waals surface area contributed by atoms with E-state index < -0.39 is 37.0 Å². The topological polar surface area (TPSA) is 112 Å². The molecule has 1 amide bonds. The second kappa shape index (κ2) is 7.26. The number of aromatic nitrogens is 5. The molecule has 2 N–H and O–H groups in total. The van der Waals surface area contributed by atoms with Crippen LogP contribution in [0, 0.1) is 0 Å². The zero-order valence-corrected chi connectivity index (χ0v) is 18.7. The third kappa shape index (κ3) is 2.98. The summed E-state index contributed by atoms with van der Waals surface area (Å²) in [6, 6.07) is 4.99. The lowest BCUT2D eigenvalue weighted by atomic mass is 9.89. The summed E-state index contributed by atoms with van der Waals surface area (Å²) in [4.78, 5) is 28.0. The Bertz CT molecular complexity index is 1650. The average Bonchev–Trinajstić information content (AvgIpc) is 3.43. The second-order valence-electron chi connectivity index (χ2n) is 9.41. The molecule has 0 unspecified atom stereocenters. The highest BCUT2D eigenvalue weighted by atomic mass is 19.3. The molecule has 4 aromatic rings. The first-order valence-corrected chi connectivity index (χ1v) is 11.5. The Labute approximate surface area is 208 Å². The van der Waals surface area contributed by atoms with Crippen molar-refractivity contribution < 1.29 is 22.4 Å². The average molecular weight is 493 g/mol. The summed E-state index contributed by atoms with van der Waals surface area (Å²) in [5.74, 6) is -1.06. The smallest absolute Gasteiger partial charge is 0.387 e. The summed E-state index contributed by atoms with van der Waals surface area (Å²) < 4.78 is 57.4. The van der Waals surface area contributed by atoms with Crippen LogP contribution in [0.4, 0.5) is 8.78 Å². The van der Waals surface area contributed by atoms with Crippen molar-refractivity contribution in [3.05, 3.63) is 71.1 Å². The number of ether oxygens (including phenoxy) is 1. The van der Waals surface area contributed by atoms with E-state index in [0.717, 1.165) is 17.7 Å². The van der Waals surface area contributed by atoms with Gasteiger partial charge in [-0.2, -0.15) is 13.9 Å². The van der Waals surface area contributed by atoms with Gasteiger partial charge >= 0.3 is 6.61 Å². The van der Waals surface area contributed by atoms with Crippen LogP contribution in [0.3, 0.4) is 0 Å². The van der Waals surface area contributed by atoms with Crippen LogP contribution >= 0.6 is 0 Å². The summed E-state index contributed by atoms with van der Waals surface area (Å²) in [6.45, 7) is -5.94. The van der Waals surface area contributed by atoms with Crippen molar-refractivity contribution in [1.29, 1.82) is 0 Å². The SMILES string of the molecule is [2H]C([2H])([2H])N1C(=O)c2cccc(OC(F)F)c2[C@H]2C[C@@H]1c1nn3ccc(-c4cnc(C5(N)CC5)nc4)nc3c12. The number of alkyl halides is 2. The first kappa shape index (κ1) is 18.3. The maximum absolute atomic E-state index is 13.5. The molecule has 4 heterocycles. The van der Waals surface area contributed by atoms with E-state index >= 15 is 0 Å². The van der Waals surface area contributed by atoms with Gasteiger partial charge in [-0.3, -0.25) is 4.79 Å². The number of carbonyl (C=O) groups excluding carboxylic acids is 1. The maximum Gasteiger partial charge on any atom is 0.387 e. The number of fused-ring (bicyclic) bond motifs is 9. The zero-order chi connectivity index (χ0) is 27.3. The third-order valence-electron chi connectivity index (χ3n) is 7.25. The third-order valence-corrected chi connectivity index (χ3v) is 7.25. The van der Waals surface area contributed by atoms with Crippen LogP contribution in [0.1, 0.15) is 68.3 Å². The summed E-state index contributed by atoms with van der Waals surface area (Å²) in [5.41, 5.74) is 8.43. The maximum atomic E-state index is 13.5. The highest BCUT2D eigenvalue weighted by Gasteiger charge is 2.46. The second-order valence-corrected chi connectivity index (χ2v) is 9.41. The van der Waals surface area contributed by atoms with Crippen molar-refractivity contribution in [2.75, 3.05) is 6.98 Å². The van der Waals surface area contributed by atoms with E-state index in [1.54, 1.807) is 24.7 Å². The predicted molar refractivity (Wildman–Crippen MR) is 123 cm³/mol. The minimum atomic E-state index is -3.13. The van der Waals surface area contributed by atoms with Gasteiger partial charge in [-0.1, -0.05) is 6.07 Å². The monoisotopic (exact) mass is 492 g/mol. The molecular formula is C25H21F2N7O2. The molecule has 3 aliphatic rings. The van der Waals surface area contributed by atoms with E-state index in [-0.39, 0.29) is 23.3 Å². The summed E-state index contributed by atoms with van der Waals surface area (Å²) in [5, 5.41) is 4.60. The first-order valence-electron chi connectivity index (χ1n) is 13.0. The molecule has 9 nitrogen and oxygen atoms in total. The molecule has 182 valence electrons. The number of amides is 1. The molecule has 1 aromatic carbocycles. The predicted octanol–water partition coefficient (Wildman–Crippen LogP) is 3.40. The standard InChI is InChI=1S/C25H21F2N7O2/c1-33-16-9-14(18-13(22(33)35)3-2-4-17(18)36-24(26)27)19-20(16)32-34-8-5-15(31-21(19)34)12-10-29-23(30-11-12)25(28)6-7-25/h2-5,8,10-11,14,16,24H,6-7,9,28H2,1H3/t14-,16-/m1/s1/i1D3. The van der Waals surface area contributed by atoms with Gasteiger partial charge in [-0.15, -0.1) is 0 Å². The van der Waals surface area contributed by atoms with Crippen LogP contribution in [-0.4, -0.2) is 49.0 Å². The van der Waals surface area contributed by atoms with E-state index in [1.807, 2.05) is 0 Å². The number of nitrogens with zero attached hydrogens (tertiary/aromatic N) is 6. The molecular weight excluding hydrogens is 468 g/mol. The fourth-order valence-electron chi connectivity index (χ4n) is 5.28. The van der Waals surface area contributed by atoms with Gasteiger partial charge < -0.3 is 15.4 Å². The van der Waals surface area contributed by atoms with Gasteiger partial charge in [0.15, 0.2) is 5.65 Å². The van der Waals surface area contributed by atoms with Crippen molar-refractivity contribution in [1.82, 2.24) is 29.5 Å². The molecule has 36 heavy (non-hydrogen) atoms. The van der Waals surface area contributed by atoms with Gasteiger partial charge in [0, 0.05) is 57.9 Å². The number of nitrogens with two attached hydrogens (primary N) is 1. The lowest BCUT2D eigenvalue weighted by Gasteiger charge is -2.23. The van der Waals surface area contributed by atoms with E-state index in [2.05, 4.69) is 15.1 Å². The summed E-state index contributed by atoms with van der Waals surface area (Å²) in [6.07, 6.45) is 6.76. The molecule has 1 aliphatic heterocycles. The first-order chi connectivity index (χ1) is 18.5. The number of carbonyl (C=O) groups is 1. The number of rotatable bonds is 4. The molecule has 2 bridgehead atoms. The van der Waals surface area contributed by atoms with Crippen LogP contribution in [0.15, 0.2) is 42.9 Å². The van der Waals surface area contributed by atoms with Crippen LogP contribution in [0.25, 0.3) is 16.9 Å². The number of benzene rings is 1. The number of halogens is 2. The van der Waals surface area contributed by atoms with Crippen molar-refractivity contribution in [2.24, 2.45) is 5.73 Å². The van der Waals surface area contributed by atoms with E-state index in [9.17, 15) is 13.6 Å². The normalized spacial score (nSPS) is 23.1. The lowest BCUT2D eigenvalue weighted by Crippen LogP contribution is -2.30. The lowest BCUT2D eigenvalue weighted by molar-refractivity contribution is -0.0505. The van der Waals surface area contributed by atoms with Crippen molar-refractivity contribution in [3.63, 3.8) is 0 Å². The van der Waals surface area contributed by atoms with Crippen LogP contribution < -0.4 is 10.5 Å². The van der Waals surface area contributed by atoms with Crippen LogP contribution in [0.2, 0.25) is 0 Å². The molecule has 2 aliphatic carbocycles. The fourth-order valence-corrected chi connectivity index (χ4v) is 5.28. The Morgan fingerprint density at radius 1 is 1.22 bits per heavy atom. The Morgan fingerprint density at radius 3 is 2.75 bits per heavy atom. The van der Waals surface area contributed by atoms with Crippen molar-refractivity contribution in [2.45, 2.75) is 43.4 Å². The fraction of sp³-hybridized carbons (Fsp3) is 0.320. The van der Waals surface area contributed by atoms with Gasteiger partial charge in [0.2, 0.25) is 0 Å².